The Hall–Kier alpha value is -3.36. The predicted molar refractivity (Wildman–Crippen MR) is 113 cm³/mol. The van der Waals surface area contributed by atoms with Crippen LogP contribution in [0.25, 0.3) is 11.1 Å². The van der Waals surface area contributed by atoms with Crippen LogP contribution in [0.2, 0.25) is 0 Å². The summed E-state index contributed by atoms with van der Waals surface area (Å²) in [4.78, 5) is 12.2. The zero-order chi connectivity index (χ0) is 21.1. The minimum absolute atomic E-state index is 0.257. The Kier molecular flexibility index (Phi) is 5.86. The summed E-state index contributed by atoms with van der Waals surface area (Å²) in [5.41, 5.74) is 5.36. The molecule has 0 unspecified atom stereocenters. The van der Waals surface area contributed by atoms with Gasteiger partial charge in [-0.15, -0.1) is 0 Å². The molecule has 3 aromatic rings. The van der Waals surface area contributed by atoms with Crippen molar-refractivity contribution in [3.8, 4) is 16.9 Å². The number of rotatable bonds is 5. The first kappa shape index (κ1) is 20.4. The number of anilines is 1. The van der Waals surface area contributed by atoms with Crippen molar-refractivity contribution in [1.82, 2.24) is 14.8 Å². The minimum atomic E-state index is -0.522. The van der Waals surface area contributed by atoms with Gasteiger partial charge < -0.3 is 4.74 Å². The monoisotopic (exact) mass is 394 g/mol. The van der Waals surface area contributed by atoms with E-state index in [4.69, 9.17) is 16.4 Å². The molecule has 1 aromatic heterocycles. The zero-order valence-electron chi connectivity index (χ0n) is 17.1. The van der Waals surface area contributed by atoms with Gasteiger partial charge in [-0.05, 0) is 43.2 Å². The van der Waals surface area contributed by atoms with Crippen molar-refractivity contribution >= 4 is 11.7 Å². The Bertz CT molecular complexity index is 1030. The van der Waals surface area contributed by atoms with Gasteiger partial charge in [-0.1, -0.05) is 24.3 Å². The average Bonchev–Trinajstić information content (AvgIpc) is 3.04. The third-order valence-electron chi connectivity index (χ3n) is 4.69. The molecule has 29 heavy (non-hydrogen) atoms. The first-order chi connectivity index (χ1) is 13.8. The summed E-state index contributed by atoms with van der Waals surface area (Å²) >= 11 is 0. The van der Waals surface area contributed by atoms with E-state index in [9.17, 15) is 4.79 Å². The van der Waals surface area contributed by atoms with E-state index >= 15 is 0 Å². The third kappa shape index (κ3) is 4.39. The maximum Gasteiger partial charge on any atom is 0.352 e. The van der Waals surface area contributed by atoms with Crippen molar-refractivity contribution in [3.05, 3.63) is 65.5 Å². The normalized spacial score (nSPS) is 10.7. The highest BCUT2D eigenvalue weighted by Crippen LogP contribution is 2.28. The smallest absolute Gasteiger partial charge is 0.352 e. The fraction of sp³-hybridized carbons (Fsp3) is 0.238. The molecule has 2 aromatic carbocycles. The van der Waals surface area contributed by atoms with Gasteiger partial charge in [0.05, 0.1) is 11.4 Å². The van der Waals surface area contributed by atoms with Crippen LogP contribution < -0.4 is 21.4 Å². The van der Waals surface area contributed by atoms with Gasteiger partial charge in [0.2, 0.25) is 0 Å². The highest BCUT2D eigenvalue weighted by atomic mass is 16.5. The van der Waals surface area contributed by atoms with E-state index < -0.39 is 6.03 Å². The number of hydrogen-bond donors (Lipinski definition) is 2. The number of nitrogens with two attached hydrogens (primary N) is 2. The van der Waals surface area contributed by atoms with E-state index in [0.29, 0.717) is 11.4 Å². The summed E-state index contributed by atoms with van der Waals surface area (Å²) in [5, 5.41) is 6.36. The molecule has 0 saturated carbocycles. The number of aromatic nitrogens is 2. The molecule has 0 aliphatic rings. The zero-order valence-corrected chi connectivity index (χ0v) is 17.1. The predicted octanol–water partition coefficient (Wildman–Crippen LogP) is 2.89. The second kappa shape index (κ2) is 8.34. The number of ether oxygens (including phenoxy) is 1. The Balaban J connectivity index is 1.85. The van der Waals surface area contributed by atoms with E-state index in [-0.39, 0.29) is 6.61 Å². The van der Waals surface area contributed by atoms with Crippen LogP contribution >= 0.6 is 0 Å². The standard InChI is InChI=1S/C21H26N6O2/c1-14-7-5-10-20(27(23)21(28)26(4)22)19(14)13-29-17-9-6-8-16(11-17)18-12-25(3)24-15(18)2/h5-12H,13,22-23H2,1-4H3. The van der Waals surface area contributed by atoms with Crippen molar-refractivity contribution in [1.29, 1.82) is 0 Å². The van der Waals surface area contributed by atoms with Crippen LogP contribution in [0.4, 0.5) is 10.5 Å². The van der Waals surface area contributed by atoms with Crippen LogP contribution in [0.1, 0.15) is 16.8 Å². The number of hydrogen-bond acceptors (Lipinski definition) is 5. The van der Waals surface area contributed by atoms with Crippen molar-refractivity contribution in [3.63, 3.8) is 0 Å². The van der Waals surface area contributed by atoms with Crippen LogP contribution in [0.3, 0.4) is 0 Å². The number of carbonyl (C=O) groups is 1. The molecule has 8 heteroatoms. The van der Waals surface area contributed by atoms with Gasteiger partial charge in [0.15, 0.2) is 0 Å². The molecular weight excluding hydrogens is 368 g/mol. The Morgan fingerprint density at radius 3 is 2.55 bits per heavy atom. The van der Waals surface area contributed by atoms with Crippen molar-refractivity contribution in [2.75, 3.05) is 12.1 Å². The van der Waals surface area contributed by atoms with E-state index in [1.807, 2.05) is 63.5 Å². The lowest BCUT2D eigenvalue weighted by Gasteiger charge is -2.24. The van der Waals surface area contributed by atoms with Gasteiger partial charge in [0.25, 0.3) is 0 Å². The van der Waals surface area contributed by atoms with Crippen molar-refractivity contribution < 1.29 is 9.53 Å². The SMILES string of the molecule is Cc1cccc(N(N)C(=O)N(C)N)c1COc1cccc(-c2cn(C)nc2C)c1. The Morgan fingerprint density at radius 1 is 1.17 bits per heavy atom. The fourth-order valence-electron chi connectivity index (χ4n) is 3.17. The van der Waals surface area contributed by atoms with E-state index in [1.165, 1.54) is 7.05 Å². The van der Waals surface area contributed by atoms with Crippen molar-refractivity contribution in [2.24, 2.45) is 18.7 Å². The number of nitrogens with zero attached hydrogens (tertiary/aromatic N) is 4. The van der Waals surface area contributed by atoms with Crippen LogP contribution in [0, 0.1) is 13.8 Å². The molecule has 0 atom stereocenters. The second-order valence-corrected chi connectivity index (χ2v) is 6.95. The molecule has 0 aliphatic carbocycles. The Morgan fingerprint density at radius 2 is 1.90 bits per heavy atom. The van der Waals surface area contributed by atoms with Gasteiger partial charge >= 0.3 is 6.03 Å². The minimum Gasteiger partial charge on any atom is -0.489 e. The summed E-state index contributed by atoms with van der Waals surface area (Å²) in [5.74, 6) is 12.2. The largest absolute Gasteiger partial charge is 0.489 e. The Labute approximate surface area is 170 Å². The quantitative estimate of drug-likeness (QED) is 0.393. The molecule has 8 nitrogen and oxygen atoms in total. The van der Waals surface area contributed by atoms with Gasteiger partial charge in [0, 0.05) is 31.4 Å². The molecule has 0 fully saturated rings. The van der Waals surface area contributed by atoms with E-state index in [1.54, 1.807) is 10.7 Å². The maximum absolute atomic E-state index is 12.2. The number of amides is 2. The maximum atomic E-state index is 12.2. The van der Waals surface area contributed by atoms with Crippen LogP contribution in [-0.2, 0) is 13.7 Å². The van der Waals surface area contributed by atoms with Gasteiger partial charge in [-0.2, -0.15) is 5.10 Å². The van der Waals surface area contributed by atoms with E-state index in [0.717, 1.165) is 38.0 Å². The average molecular weight is 394 g/mol. The summed E-state index contributed by atoms with van der Waals surface area (Å²) in [6, 6.07) is 12.9. The lowest BCUT2D eigenvalue weighted by atomic mass is 10.1. The number of aryl methyl sites for hydroxylation is 3. The van der Waals surface area contributed by atoms with E-state index in [2.05, 4.69) is 5.10 Å². The molecule has 0 bridgehead atoms. The molecule has 0 spiro atoms. The summed E-state index contributed by atoms with van der Waals surface area (Å²) in [7, 11) is 3.34. The topological polar surface area (TPSA) is 103 Å². The van der Waals surface area contributed by atoms with Crippen LogP contribution in [0.5, 0.6) is 5.75 Å². The fourth-order valence-corrected chi connectivity index (χ4v) is 3.17. The molecule has 0 aliphatic heterocycles. The molecule has 3 rings (SSSR count). The highest BCUT2D eigenvalue weighted by molar-refractivity contribution is 5.91. The lowest BCUT2D eigenvalue weighted by Crippen LogP contribution is -2.49. The molecular formula is C21H26N6O2. The molecule has 152 valence electrons. The summed E-state index contributed by atoms with van der Waals surface area (Å²) in [6.07, 6.45) is 1.98. The molecule has 2 amide bonds. The van der Waals surface area contributed by atoms with Crippen LogP contribution in [-0.4, -0.2) is 27.9 Å². The molecule has 4 N–H and O–H groups in total. The number of urea groups is 1. The molecule has 1 heterocycles. The number of carbonyl (C=O) groups excluding carboxylic acids is 1. The number of hydrazine groups is 2. The van der Waals surface area contributed by atoms with Crippen LogP contribution in [0.15, 0.2) is 48.7 Å². The lowest BCUT2D eigenvalue weighted by molar-refractivity contribution is 0.216. The number of benzene rings is 2. The van der Waals surface area contributed by atoms with Gasteiger partial charge in [-0.25, -0.2) is 21.5 Å². The second-order valence-electron chi connectivity index (χ2n) is 6.95. The third-order valence-corrected chi connectivity index (χ3v) is 4.69. The first-order valence-electron chi connectivity index (χ1n) is 9.17. The summed E-state index contributed by atoms with van der Waals surface area (Å²) in [6.45, 7) is 4.18. The molecule has 0 radical (unpaired) electrons. The highest BCUT2D eigenvalue weighted by Gasteiger charge is 2.19. The first-order valence-corrected chi connectivity index (χ1v) is 9.17. The summed E-state index contributed by atoms with van der Waals surface area (Å²) < 4.78 is 7.84. The van der Waals surface area contributed by atoms with Gasteiger partial charge in [0.1, 0.15) is 12.4 Å². The van der Waals surface area contributed by atoms with Crippen molar-refractivity contribution in [2.45, 2.75) is 20.5 Å². The molecule has 0 saturated heterocycles. The van der Waals surface area contributed by atoms with Gasteiger partial charge in [-0.3, -0.25) is 9.69 Å².